The minimum absolute atomic E-state index is 0.0799. The van der Waals surface area contributed by atoms with Gasteiger partial charge in [0.25, 0.3) is 0 Å². The molecule has 8 heteroatoms. The van der Waals surface area contributed by atoms with Crippen molar-refractivity contribution in [3.63, 3.8) is 0 Å². The number of thioether (sulfide) groups is 1. The monoisotopic (exact) mass is 559 g/mol. The van der Waals surface area contributed by atoms with E-state index in [0.717, 1.165) is 24.5 Å². The van der Waals surface area contributed by atoms with Crippen molar-refractivity contribution >= 4 is 35.1 Å². The van der Waals surface area contributed by atoms with E-state index in [-0.39, 0.29) is 17.7 Å². The summed E-state index contributed by atoms with van der Waals surface area (Å²) in [4.78, 5) is 26.6. The highest BCUT2D eigenvalue weighted by atomic mass is 35.5. The molecule has 0 bridgehead atoms. The minimum Gasteiger partial charge on any atom is -0.351 e. The number of nitrogens with one attached hydrogen (secondary N) is 1. The number of likely N-dealkylation sites (N-methyl/N-ethyl adjacent to an activating group) is 1. The van der Waals surface area contributed by atoms with E-state index in [2.05, 4.69) is 44.4 Å². The van der Waals surface area contributed by atoms with E-state index in [4.69, 9.17) is 16.6 Å². The van der Waals surface area contributed by atoms with Crippen LogP contribution in [0.25, 0.3) is 0 Å². The standard InChI is InChI=1S/C31H34ClN5OS/c1-36(2)18-19-37(22-25-14-8-4-9-15-25)29-21-28(32)34-31(35-29)39-23-30(38)33-27(26-16-10-5-11-17-26)20-24-12-6-3-7-13-24/h3-17,21,27H,18-20,22-23H2,1-2H3,(H,33,38). The lowest BCUT2D eigenvalue weighted by atomic mass is 9.99. The van der Waals surface area contributed by atoms with Gasteiger partial charge in [-0.3, -0.25) is 4.79 Å². The molecule has 1 heterocycles. The number of hydrogen-bond donors (Lipinski definition) is 1. The van der Waals surface area contributed by atoms with Crippen molar-refractivity contribution in [2.75, 3.05) is 37.8 Å². The Bertz CT molecular complexity index is 1310. The van der Waals surface area contributed by atoms with Crippen LogP contribution in [0.2, 0.25) is 5.15 Å². The van der Waals surface area contributed by atoms with Gasteiger partial charge in [0.15, 0.2) is 5.16 Å². The summed E-state index contributed by atoms with van der Waals surface area (Å²) in [6.07, 6.45) is 0.708. The van der Waals surface area contributed by atoms with Crippen LogP contribution in [-0.2, 0) is 17.8 Å². The number of hydrogen-bond acceptors (Lipinski definition) is 6. The molecule has 0 saturated carbocycles. The zero-order valence-corrected chi connectivity index (χ0v) is 23.9. The van der Waals surface area contributed by atoms with Crippen molar-refractivity contribution in [1.29, 1.82) is 0 Å². The van der Waals surface area contributed by atoms with Gasteiger partial charge in [0, 0.05) is 25.7 Å². The van der Waals surface area contributed by atoms with Crippen LogP contribution in [0.15, 0.2) is 102 Å². The molecule has 4 aromatic rings. The van der Waals surface area contributed by atoms with E-state index in [9.17, 15) is 4.79 Å². The zero-order valence-electron chi connectivity index (χ0n) is 22.3. The predicted molar refractivity (Wildman–Crippen MR) is 161 cm³/mol. The van der Waals surface area contributed by atoms with Gasteiger partial charge in [0.05, 0.1) is 11.8 Å². The Hall–Kier alpha value is -3.39. The molecule has 4 rings (SSSR count). The van der Waals surface area contributed by atoms with Gasteiger partial charge in [-0.2, -0.15) is 0 Å². The molecule has 1 amide bonds. The third kappa shape index (κ3) is 9.39. The van der Waals surface area contributed by atoms with Gasteiger partial charge in [0.2, 0.25) is 5.91 Å². The van der Waals surface area contributed by atoms with Gasteiger partial charge in [-0.05, 0) is 37.2 Å². The van der Waals surface area contributed by atoms with Crippen molar-refractivity contribution in [3.05, 3.63) is 119 Å². The molecule has 0 aliphatic heterocycles. The fourth-order valence-electron chi connectivity index (χ4n) is 4.16. The zero-order chi connectivity index (χ0) is 27.5. The number of halogens is 1. The topological polar surface area (TPSA) is 61.4 Å². The van der Waals surface area contributed by atoms with Crippen LogP contribution in [0.5, 0.6) is 0 Å². The number of aromatic nitrogens is 2. The summed E-state index contributed by atoms with van der Waals surface area (Å²) in [6.45, 7) is 2.34. The summed E-state index contributed by atoms with van der Waals surface area (Å²) in [7, 11) is 4.10. The van der Waals surface area contributed by atoms with Crippen LogP contribution >= 0.6 is 23.4 Å². The quantitative estimate of drug-likeness (QED) is 0.125. The second-order valence-corrected chi connectivity index (χ2v) is 10.9. The van der Waals surface area contributed by atoms with Crippen LogP contribution < -0.4 is 10.2 Å². The molecule has 1 aromatic heterocycles. The lowest BCUT2D eigenvalue weighted by Gasteiger charge is -2.26. The molecule has 0 spiro atoms. The summed E-state index contributed by atoms with van der Waals surface area (Å²) in [5.41, 5.74) is 3.42. The van der Waals surface area contributed by atoms with E-state index >= 15 is 0 Å². The number of carbonyl (C=O) groups excluding carboxylic acids is 1. The van der Waals surface area contributed by atoms with Crippen molar-refractivity contribution in [1.82, 2.24) is 20.2 Å². The second kappa shape index (κ2) is 14.7. The first-order valence-electron chi connectivity index (χ1n) is 13.0. The smallest absolute Gasteiger partial charge is 0.230 e. The number of nitrogens with zero attached hydrogens (tertiary/aromatic N) is 4. The maximum absolute atomic E-state index is 13.1. The van der Waals surface area contributed by atoms with Crippen molar-refractivity contribution in [3.8, 4) is 0 Å². The van der Waals surface area contributed by atoms with Gasteiger partial charge in [-0.1, -0.05) is 114 Å². The van der Waals surface area contributed by atoms with E-state index in [0.29, 0.717) is 23.3 Å². The molecule has 39 heavy (non-hydrogen) atoms. The van der Waals surface area contributed by atoms with E-state index in [1.165, 1.54) is 22.9 Å². The predicted octanol–water partition coefficient (Wildman–Crippen LogP) is 5.89. The Morgan fingerprint density at radius 2 is 1.49 bits per heavy atom. The molecule has 0 aliphatic rings. The number of rotatable bonds is 13. The molecule has 0 fully saturated rings. The summed E-state index contributed by atoms with van der Waals surface area (Å²) in [5, 5.41) is 4.04. The maximum Gasteiger partial charge on any atom is 0.230 e. The first-order chi connectivity index (χ1) is 19.0. The Morgan fingerprint density at radius 3 is 2.13 bits per heavy atom. The Morgan fingerprint density at radius 1 is 0.872 bits per heavy atom. The minimum atomic E-state index is -0.134. The van der Waals surface area contributed by atoms with Gasteiger partial charge in [0.1, 0.15) is 11.0 Å². The summed E-state index contributed by atoms with van der Waals surface area (Å²) < 4.78 is 0. The summed E-state index contributed by atoms with van der Waals surface area (Å²) >= 11 is 7.72. The lowest BCUT2D eigenvalue weighted by Crippen LogP contribution is -2.32. The average Bonchev–Trinajstić information content (AvgIpc) is 2.95. The molecular formula is C31H34ClN5OS. The Kier molecular flexibility index (Phi) is 10.8. The van der Waals surface area contributed by atoms with Crippen molar-refractivity contribution in [2.24, 2.45) is 0 Å². The van der Waals surface area contributed by atoms with Crippen LogP contribution in [0.4, 0.5) is 5.82 Å². The van der Waals surface area contributed by atoms with Crippen LogP contribution in [0.1, 0.15) is 22.7 Å². The fraction of sp³-hybridized carbons (Fsp3) is 0.258. The van der Waals surface area contributed by atoms with Crippen LogP contribution in [0, 0.1) is 0 Å². The SMILES string of the molecule is CN(C)CCN(Cc1ccccc1)c1cc(Cl)nc(SCC(=O)NC(Cc2ccccc2)c2ccccc2)n1. The van der Waals surface area contributed by atoms with Crippen LogP contribution in [-0.4, -0.2) is 53.7 Å². The van der Waals surface area contributed by atoms with Crippen molar-refractivity contribution in [2.45, 2.75) is 24.2 Å². The molecule has 3 aromatic carbocycles. The Labute approximate surface area is 240 Å². The highest BCUT2D eigenvalue weighted by molar-refractivity contribution is 7.99. The molecule has 6 nitrogen and oxygen atoms in total. The summed E-state index contributed by atoms with van der Waals surface area (Å²) in [6, 6.07) is 32.2. The normalized spacial score (nSPS) is 11.8. The van der Waals surface area contributed by atoms with E-state index in [1.807, 2.05) is 80.8 Å². The van der Waals surface area contributed by atoms with Gasteiger partial charge in [-0.25, -0.2) is 9.97 Å². The molecule has 202 valence electrons. The first kappa shape index (κ1) is 28.6. The third-order valence-corrected chi connectivity index (χ3v) is 7.21. The average molecular weight is 560 g/mol. The van der Waals surface area contributed by atoms with E-state index in [1.54, 1.807) is 6.07 Å². The van der Waals surface area contributed by atoms with E-state index < -0.39 is 0 Å². The maximum atomic E-state index is 13.1. The molecule has 0 aliphatic carbocycles. The second-order valence-electron chi connectivity index (χ2n) is 9.55. The van der Waals surface area contributed by atoms with Crippen LogP contribution in [0.3, 0.4) is 0 Å². The third-order valence-electron chi connectivity index (χ3n) is 6.17. The van der Waals surface area contributed by atoms with Gasteiger partial charge < -0.3 is 15.1 Å². The number of amides is 1. The highest BCUT2D eigenvalue weighted by Gasteiger charge is 2.17. The lowest BCUT2D eigenvalue weighted by molar-refractivity contribution is -0.119. The van der Waals surface area contributed by atoms with Gasteiger partial charge >= 0.3 is 0 Å². The molecule has 0 radical (unpaired) electrons. The summed E-state index contributed by atoms with van der Waals surface area (Å²) in [5.74, 6) is 0.854. The molecular weight excluding hydrogens is 526 g/mol. The largest absolute Gasteiger partial charge is 0.351 e. The number of anilines is 1. The molecule has 1 N–H and O–H groups in total. The molecule has 0 saturated heterocycles. The highest BCUT2D eigenvalue weighted by Crippen LogP contribution is 2.24. The fourth-order valence-corrected chi connectivity index (χ4v) is 5.06. The first-order valence-corrected chi connectivity index (χ1v) is 14.3. The number of benzene rings is 3. The Balaban J connectivity index is 1.45. The molecule has 1 unspecified atom stereocenters. The van der Waals surface area contributed by atoms with Gasteiger partial charge in [-0.15, -0.1) is 0 Å². The number of carbonyl (C=O) groups is 1. The molecule has 1 atom stereocenters. The van der Waals surface area contributed by atoms with Crippen molar-refractivity contribution < 1.29 is 4.79 Å².